The molecule has 8 heteroatoms. The summed E-state index contributed by atoms with van der Waals surface area (Å²) in [5, 5.41) is 0.500. The lowest BCUT2D eigenvalue weighted by atomic mass is 10.2. The summed E-state index contributed by atoms with van der Waals surface area (Å²) < 4.78 is 6.33. The summed E-state index contributed by atoms with van der Waals surface area (Å²) in [5.41, 5.74) is 5.83. The van der Waals surface area contributed by atoms with Gasteiger partial charge in [0.15, 0.2) is 5.58 Å². The number of halogens is 1. The minimum Gasteiger partial charge on any atom is -0.408 e. The molecule has 0 aliphatic heterocycles. The molecule has 1 atom stereocenters. The predicted octanol–water partition coefficient (Wildman–Crippen LogP) is 2.27. The van der Waals surface area contributed by atoms with E-state index in [1.165, 1.54) is 23.6 Å². The van der Waals surface area contributed by atoms with Crippen molar-refractivity contribution in [1.82, 2.24) is 15.4 Å². The maximum atomic E-state index is 12.3. The highest BCUT2D eigenvalue weighted by Gasteiger charge is 2.21. The normalized spacial score (nSPS) is 11.9. The number of amides is 2. The van der Waals surface area contributed by atoms with Gasteiger partial charge in [-0.05, 0) is 43.3 Å². The van der Waals surface area contributed by atoms with E-state index in [4.69, 9.17) is 16.0 Å². The van der Waals surface area contributed by atoms with Crippen LogP contribution in [0.1, 0.15) is 23.3 Å². The van der Waals surface area contributed by atoms with Gasteiger partial charge in [0.25, 0.3) is 11.8 Å². The molecule has 0 fully saturated rings. The van der Waals surface area contributed by atoms with E-state index in [2.05, 4.69) is 10.9 Å². The molecule has 25 heavy (non-hydrogen) atoms. The number of hydrogen-bond donors (Lipinski definition) is 2. The maximum absolute atomic E-state index is 12.3. The SMILES string of the molecule is CC(C(=O)NNC(=O)c1ccc(Cl)cc1)n1c(=O)oc2ccccc21. The van der Waals surface area contributed by atoms with Crippen LogP contribution in [0.25, 0.3) is 11.1 Å². The number of fused-ring (bicyclic) bond motifs is 1. The number of benzene rings is 2. The van der Waals surface area contributed by atoms with Gasteiger partial charge in [-0.3, -0.25) is 25.0 Å². The molecule has 128 valence electrons. The Morgan fingerprint density at radius 2 is 1.76 bits per heavy atom. The lowest BCUT2D eigenvalue weighted by molar-refractivity contribution is -0.124. The Morgan fingerprint density at radius 1 is 1.08 bits per heavy atom. The molecule has 1 unspecified atom stereocenters. The van der Waals surface area contributed by atoms with Crippen molar-refractivity contribution in [3.05, 3.63) is 69.7 Å². The smallest absolute Gasteiger partial charge is 0.408 e. The number of hydrogen-bond acceptors (Lipinski definition) is 4. The van der Waals surface area contributed by atoms with E-state index >= 15 is 0 Å². The van der Waals surface area contributed by atoms with Gasteiger partial charge in [0.2, 0.25) is 0 Å². The highest BCUT2D eigenvalue weighted by Crippen LogP contribution is 2.16. The van der Waals surface area contributed by atoms with Gasteiger partial charge in [0.05, 0.1) is 5.52 Å². The minimum absolute atomic E-state index is 0.336. The summed E-state index contributed by atoms with van der Waals surface area (Å²) in [5.74, 6) is -1.70. The highest BCUT2D eigenvalue weighted by molar-refractivity contribution is 6.30. The second-order valence-corrected chi connectivity index (χ2v) is 5.77. The van der Waals surface area contributed by atoms with Crippen molar-refractivity contribution in [2.75, 3.05) is 0 Å². The van der Waals surface area contributed by atoms with Gasteiger partial charge >= 0.3 is 5.76 Å². The molecule has 2 amide bonds. The molecule has 1 aromatic heterocycles. The van der Waals surface area contributed by atoms with E-state index in [1.807, 2.05) is 0 Å². The van der Waals surface area contributed by atoms with Crippen molar-refractivity contribution in [2.24, 2.45) is 0 Å². The number of para-hydroxylation sites is 2. The zero-order valence-electron chi connectivity index (χ0n) is 13.2. The monoisotopic (exact) mass is 359 g/mol. The van der Waals surface area contributed by atoms with E-state index in [0.717, 1.165) is 0 Å². The number of carbonyl (C=O) groups excluding carboxylic acids is 2. The van der Waals surface area contributed by atoms with E-state index in [1.54, 1.807) is 36.4 Å². The second kappa shape index (κ2) is 6.82. The maximum Gasteiger partial charge on any atom is 0.420 e. The van der Waals surface area contributed by atoms with Crippen LogP contribution in [0.5, 0.6) is 0 Å². The topological polar surface area (TPSA) is 93.3 Å². The Labute approximate surface area is 147 Å². The van der Waals surface area contributed by atoms with Crippen LogP contribution >= 0.6 is 11.6 Å². The summed E-state index contributed by atoms with van der Waals surface area (Å²) in [6.07, 6.45) is 0. The number of rotatable bonds is 3. The molecular formula is C17H14ClN3O4. The van der Waals surface area contributed by atoms with E-state index < -0.39 is 23.6 Å². The van der Waals surface area contributed by atoms with Gasteiger partial charge < -0.3 is 4.42 Å². The summed E-state index contributed by atoms with van der Waals surface area (Å²) in [6, 6.07) is 12.1. The van der Waals surface area contributed by atoms with Crippen molar-refractivity contribution < 1.29 is 14.0 Å². The fraction of sp³-hybridized carbons (Fsp3) is 0.118. The third-order valence-corrected chi connectivity index (χ3v) is 3.94. The Morgan fingerprint density at radius 3 is 2.48 bits per heavy atom. The third-order valence-electron chi connectivity index (χ3n) is 3.69. The third kappa shape index (κ3) is 3.41. The Bertz CT molecular complexity index is 991. The van der Waals surface area contributed by atoms with Crippen molar-refractivity contribution >= 4 is 34.5 Å². The summed E-state index contributed by atoms with van der Waals surface area (Å²) in [6.45, 7) is 1.53. The van der Waals surface area contributed by atoms with Crippen LogP contribution in [-0.2, 0) is 4.79 Å². The standard InChI is InChI=1S/C17H14ClN3O4/c1-10(21-13-4-2-3-5-14(13)25-17(21)24)15(22)19-20-16(23)11-6-8-12(18)9-7-11/h2-10H,1H3,(H,19,22)(H,20,23). The molecule has 3 rings (SSSR count). The van der Waals surface area contributed by atoms with Crippen LogP contribution < -0.4 is 16.6 Å². The van der Waals surface area contributed by atoms with Gasteiger partial charge in [-0.2, -0.15) is 0 Å². The van der Waals surface area contributed by atoms with E-state index in [9.17, 15) is 14.4 Å². The molecule has 0 spiro atoms. The van der Waals surface area contributed by atoms with Gasteiger partial charge in [-0.1, -0.05) is 23.7 Å². The van der Waals surface area contributed by atoms with Crippen molar-refractivity contribution in [1.29, 1.82) is 0 Å². The molecule has 0 aliphatic rings. The van der Waals surface area contributed by atoms with Crippen LogP contribution in [0, 0.1) is 0 Å². The number of aromatic nitrogens is 1. The van der Waals surface area contributed by atoms with E-state index in [0.29, 0.717) is 21.7 Å². The van der Waals surface area contributed by atoms with Crippen molar-refractivity contribution in [3.8, 4) is 0 Å². The Kier molecular flexibility index (Phi) is 4.58. The van der Waals surface area contributed by atoms with Crippen molar-refractivity contribution in [3.63, 3.8) is 0 Å². The lowest BCUT2D eigenvalue weighted by Crippen LogP contribution is -2.45. The van der Waals surface area contributed by atoms with E-state index in [-0.39, 0.29) is 0 Å². The first kappa shape index (κ1) is 16.8. The lowest BCUT2D eigenvalue weighted by Gasteiger charge is -2.13. The molecule has 0 saturated carbocycles. The van der Waals surface area contributed by atoms with Crippen LogP contribution in [-0.4, -0.2) is 16.4 Å². The average molecular weight is 360 g/mol. The number of nitrogens with one attached hydrogen (secondary N) is 2. The van der Waals surface area contributed by atoms with Crippen LogP contribution in [0.15, 0.2) is 57.7 Å². The molecule has 0 radical (unpaired) electrons. The summed E-state index contributed by atoms with van der Waals surface area (Å²) in [7, 11) is 0. The number of nitrogens with zero attached hydrogens (tertiary/aromatic N) is 1. The Balaban J connectivity index is 1.72. The van der Waals surface area contributed by atoms with Crippen LogP contribution in [0.4, 0.5) is 0 Å². The largest absolute Gasteiger partial charge is 0.420 e. The number of carbonyl (C=O) groups is 2. The zero-order chi connectivity index (χ0) is 18.0. The molecule has 7 nitrogen and oxygen atoms in total. The number of hydrazine groups is 1. The zero-order valence-corrected chi connectivity index (χ0v) is 13.9. The summed E-state index contributed by atoms with van der Waals surface area (Å²) in [4.78, 5) is 36.3. The molecular weight excluding hydrogens is 346 g/mol. The highest BCUT2D eigenvalue weighted by atomic mass is 35.5. The molecule has 0 saturated heterocycles. The quantitative estimate of drug-likeness (QED) is 0.701. The van der Waals surface area contributed by atoms with Crippen LogP contribution in [0.3, 0.4) is 0 Å². The van der Waals surface area contributed by atoms with Gasteiger partial charge in [-0.15, -0.1) is 0 Å². The molecule has 2 aromatic carbocycles. The second-order valence-electron chi connectivity index (χ2n) is 5.33. The molecule has 0 aliphatic carbocycles. The molecule has 0 bridgehead atoms. The first-order valence-electron chi connectivity index (χ1n) is 7.43. The average Bonchev–Trinajstić information content (AvgIpc) is 2.95. The summed E-state index contributed by atoms with van der Waals surface area (Å²) >= 11 is 5.76. The van der Waals surface area contributed by atoms with Crippen molar-refractivity contribution in [2.45, 2.75) is 13.0 Å². The van der Waals surface area contributed by atoms with Gasteiger partial charge in [0, 0.05) is 10.6 Å². The Hall–Kier alpha value is -3.06. The first-order chi connectivity index (χ1) is 12.0. The van der Waals surface area contributed by atoms with Gasteiger partial charge in [-0.25, -0.2) is 4.79 Å². The molecule has 1 heterocycles. The first-order valence-corrected chi connectivity index (χ1v) is 7.81. The molecule has 3 aromatic rings. The minimum atomic E-state index is -0.873. The van der Waals surface area contributed by atoms with Gasteiger partial charge in [0.1, 0.15) is 6.04 Å². The number of oxazole rings is 1. The molecule has 2 N–H and O–H groups in total. The van der Waals surface area contributed by atoms with Crippen LogP contribution in [0.2, 0.25) is 5.02 Å². The fourth-order valence-corrected chi connectivity index (χ4v) is 2.49. The fourth-order valence-electron chi connectivity index (χ4n) is 2.36. The predicted molar refractivity (Wildman–Crippen MR) is 92.2 cm³/mol.